The summed E-state index contributed by atoms with van der Waals surface area (Å²) in [6.07, 6.45) is 0.537. The van der Waals surface area contributed by atoms with Crippen LogP contribution in [-0.4, -0.2) is 16.3 Å². The maximum absolute atomic E-state index is 12.6. The maximum atomic E-state index is 12.6. The number of benzene rings is 2. The van der Waals surface area contributed by atoms with Gasteiger partial charge in [0, 0.05) is 5.02 Å². The Morgan fingerprint density at radius 3 is 2.48 bits per heavy atom. The van der Waals surface area contributed by atoms with Crippen molar-refractivity contribution in [1.82, 2.24) is 0 Å². The first-order chi connectivity index (χ1) is 10.2. The fraction of sp³-hybridized carbons (Fsp3) is 0.125. The second-order valence-corrected chi connectivity index (χ2v) is 6.32. The van der Waals surface area contributed by atoms with E-state index in [2.05, 4.69) is 0 Å². The standard InChI is InChI=1S/C16H13ClN2OS/c17-13-9-5-4-6-11(13)10-14-15(20)19(16(18)21-14)12-7-2-1-3-8-12/h1-9,14,18H,10H2/t14-/m1/s1. The average molecular weight is 317 g/mol. The van der Waals surface area contributed by atoms with E-state index >= 15 is 0 Å². The molecule has 0 saturated carbocycles. The quantitative estimate of drug-likeness (QED) is 0.931. The van der Waals surface area contributed by atoms with Gasteiger partial charge in [0.15, 0.2) is 5.17 Å². The molecule has 0 aromatic heterocycles. The number of nitrogens with zero attached hydrogens (tertiary/aromatic N) is 1. The molecule has 1 heterocycles. The Balaban J connectivity index is 1.83. The van der Waals surface area contributed by atoms with E-state index in [-0.39, 0.29) is 16.3 Å². The van der Waals surface area contributed by atoms with Crippen LogP contribution >= 0.6 is 23.4 Å². The smallest absolute Gasteiger partial charge is 0.247 e. The van der Waals surface area contributed by atoms with Gasteiger partial charge in [-0.25, -0.2) is 0 Å². The minimum absolute atomic E-state index is 0.0591. The molecule has 1 atom stereocenters. The normalized spacial score (nSPS) is 18.3. The zero-order chi connectivity index (χ0) is 14.8. The molecule has 1 aliphatic heterocycles. The molecule has 21 heavy (non-hydrogen) atoms. The Bertz CT molecular complexity index is 690. The molecule has 1 amide bonds. The van der Waals surface area contributed by atoms with E-state index in [1.165, 1.54) is 16.7 Å². The highest BCUT2D eigenvalue weighted by molar-refractivity contribution is 8.16. The van der Waals surface area contributed by atoms with Gasteiger partial charge >= 0.3 is 0 Å². The maximum Gasteiger partial charge on any atom is 0.247 e. The number of hydrogen-bond acceptors (Lipinski definition) is 3. The lowest BCUT2D eigenvalue weighted by Gasteiger charge is -2.15. The minimum atomic E-state index is -0.294. The highest BCUT2D eigenvalue weighted by atomic mass is 35.5. The summed E-state index contributed by atoms with van der Waals surface area (Å²) in [5.41, 5.74) is 1.68. The molecule has 2 aromatic rings. The van der Waals surface area contributed by atoms with E-state index in [0.717, 1.165) is 11.3 Å². The van der Waals surface area contributed by atoms with Crippen LogP contribution in [0.3, 0.4) is 0 Å². The summed E-state index contributed by atoms with van der Waals surface area (Å²) < 4.78 is 0. The van der Waals surface area contributed by atoms with Crippen molar-refractivity contribution in [2.75, 3.05) is 4.90 Å². The number of amidine groups is 1. The first-order valence-corrected chi connectivity index (χ1v) is 7.80. The van der Waals surface area contributed by atoms with Gasteiger partial charge in [0.2, 0.25) is 5.91 Å². The van der Waals surface area contributed by atoms with Gasteiger partial charge in [0.25, 0.3) is 0 Å². The Morgan fingerprint density at radius 1 is 1.10 bits per heavy atom. The average Bonchev–Trinajstić information content (AvgIpc) is 2.77. The molecule has 1 N–H and O–H groups in total. The summed E-state index contributed by atoms with van der Waals surface area (Å²) >= 11 is 7.43. The topological polar surface area (TPSA) is 44.2 Å². The van der Waals surface area contributed by atoms with Crippen LogP contribution in [0.4, 0.5) is 5.69 Å². The number of nitrogens with one attached hydrogen (secondary N) is 1. The summed E-state index contributed by atoms with van der Waals surface area (Å²) in [4.78, 5) is 14.0. The molecular weight excluding hydrogens is 304 g/mol. The zero-order valence-electron chi connectivity index (χ0n) is 11.1. The molecule has 0 unspecified atom stereocenters. The molecule has 3 nitrogen and oxygen atoms in total. The lowest BCUT2D eigenvalue weighted by molar-refractivity contribution is -0.116. The predicted octanol–water partition coefficient (Wildman–Crippen LogP) is 3.97. The van der Waals surface area contributed by atoms with Crippen LogP contribution in [0.15, 0.2) is 54.6 Å². The van der Waals surface area contributed by atoms with Crippen LogP contribution < -0.4 is 4.90 Å². The summed E-state index contributed by atoms with van der Waals surface area (Å²) in [7, 11) is 0. The van der Waals surface area contributed by atoms with Gasteiger partial charge in [-0.05, 0) is 30.2 Å². The number of amides is 1. The van der Waals surface area contributed by atoms with Gasteiger partial charge < -0.3 is 0 Å². The number of thioether (sulfide) groups is 1. The van der Waals surface area contributed by atoms with Crippen LogP contribution in [0.2, 0.25) is 5.02 Å². The Morgan fingerprint density at radius 2 is 1.76 bits per heavy atom. The third-order valence-electron chi connectivity index (χ3n) is 3.33. The number of para-hydroxylation sites is 1. The highest BCUT2D eigenvalue weighted by Crippen LogP contribution is 2.33. The van der Waals surface area contributed by atoms with Crippen molar-refractivity contribution in [3.63, 3.8) is 0 Å². The van der Waals surface area contributed by atoms with Crippen LogP contribution in [-0.2, 0) is 11.2 Å². The summed E-state index contributed by atoms with van der Waals surface area (Å²) in [5, 5.41) is 8.69. The van der Waals surface area contributed by atoms with Gasteiger partial charge in [-0.2, -0.15) is 0 Å². The lowest BCUT2D eigenvalue weighted by atomic mass is 10.1. The van der Waals surface area contributed by atoms with E-state index in [9.17, 15) is 4.79 Å². The van der Waals surface area contributed by atoms with Gasteiger partial charge in [0.1, 0.15) is 0 Å². The summed E-state index contributed by atoms with van der Waals surface area (Å²) in [6, 6.07) is 16.8. The minimum Gasteiger partial charge on any atom is -0.278 e. The van der Waals surface area contributed by atoms with Crippen LogP contribution in [0.5, 0.6) is 0 Å². The van der Waals surface area contributed by atoms with Crippen LogP contribution in [0, 0.1) is 5.41 Å². The number of carbonyl (C=O) groups excluding carboxylic acids is 1. The largest absolute Gasteiger partial charge is 0.278 e. The summed E-state index contributed by atoms with van der Waals surface area (Å²) in [5.74, 6) is -0.0591. The fourth-order valence-corrected chi connectivity index (χ4v) is 3.55. The Kier molecular flexibility index (Phi) is 3.99. The molecule has 106 valence electrons. The van der Waals surface area contributed by atoms with Crippen molar-refractivity contribution in [3.8, 4) is 0 Å². The highest BCUT2D eigenvalue weighted by Gasteiger charge is 2.38. The molecule has 1 fully saturated rings. The molecule has 1 aliphatic rings. The molecule has 0 aliphatic carbocycles. The van der Waals surface area contributed by atoms with Gasteiger partial charge in [-0.1, -0.05) is 59.8 Å². The molecule has 0 bridgehead atoms. The fourth-order valence-electron chi connectivity index (χ4n) is 2.30. The van der Waals surface area contributed by atoms with E-state index < -0.39 is 0 Å². The second kappa shape index (κ2) is 5.92. The third kappa shape index (κ3) is 2.82. The van der Waals surface area contributed by atoms with Crippen molar-refractivity contribution in [2.24, 2.45) is 0 Å². The molecule has 2 aromatic carbocycles. The van der Waals surface area contributed by atoms with Crippen molar-refractivity contribution in [1.29, 1.82) is 5.41 Å². The number of hydrogen-bond donors (Lipinski definition) is 1. The van der Waals surface area contributed by atoms with Crippen molar-refractivity contribution in [3.05, 3.63) is 65.2 Å². The molecule has 0 spiro atoms. The van der Waals surface area contributed by atoms with Gasteiger partial charge in [0.05, 0.1) is 10.9 Å². The first kappa shape index (κ1) is 14.2. The van der Waals surface area contributed by atoms with Gasteiger partial charge in [-0.3, -0.25) is 15.1 Å². The predicted molar refractivity (Wildman–Crippen MR) is 88.2 cm³/mol. The van der Waals surface area contributed by atoms with Crippen molar-refractivity contribution < 1.29 is 4.79 Å². The third-order valence-corrected chi connectivity index (χ3v) is 4.76. The molecule has 0 radical (unpaired) electrons. The van der Waals surface area contributed by atoms with E-state index in [4.69, 9.17) is 17.0 Å². The van der Waals surface area contributed by atoms with Gasteiger partial charge in [-0.15, -0.1) is 0 Å². The number of carbonyl (C=O) groups is 1. The van der Waals surface area contributed by atoms with E-state index in [1.807, 2.05) is 54.6 Å². The Labute approximate surface area is 132 Å². The Hall–Kier alpha value is -1.78. The van der Waals surface area contributed by atoms with Crippen molar-refractivity contribution >= 4 is 40.1 Å². The van der Waals surface area contributed by atoms with E-state index in [1.54, 1.807) is 0 Å². The molecule has 3 rings (SSSR count). The molecule has 5 heteroatoms. The van der Waals surface area contributed by atoms with Crippen LogP contribution in [0.25, 0.3) is 0 Å². The molecular formula is C16H13ClN2OS. The zero-order valence-corrected chi connectivity index (χ0v) is 12.7. The monoisotopic (exact) mass is 316 g/mol. The first-order valence-electron chi connectivity index (χ1n) is 6.54. The lowest BCUT2D eigenvalue weighted by Crippen LogP contribution is -2.32. The number of rotatable bonds is 3. The van der Waals surface area contributed by atoms with Crippen molar-refractivity contribution in [2.45, 2.75) is 11.7 Å². The number of anilines is 1. The summed E-state index contributed by atoms with van der Waals surface area (Å²) in [6.45, 7) is 0. The SMILES string of the molecule is N=C1S[C@H](Cc2ccccc2Cl)C(=O)N1c1ccccc1. The second-order valence-electron chi connectivity index (χ2n) is 4.72. The van der Waals surface area contributed by atoms with Crippen LogP contribution in [0.1, 0.15) is 5.56 Å². The number of halogens is 1. The molecule has 1 saturated heterocycles. The van der Waals surface area contributed by atoms with E-state index in [0.29, 0.717) is 11.4 Å².